The average molecular weight is 496 g/mol. The van der Waals surface area contributed by atoms with Crippen LogP contribution in [0.25, 0.3) is 22.0 Å². The van der Waals surface area contributed by atoms with E-state index < -0.39 is 0 Å². The normalized spacial score (nSPS) is 15.8. The fourth-order valence-corrected chi connectivity index (χ4v) is 5.14. The second-order valence-corrected chi connectivity index (χ2v) is 9.70. The van der Waals surface area contributed by atoms with Crippen molar-refractivity contribution >= 4 is 34.1 Å². The van der Waals surface area contributed by atoms with Gasteiger partial charge in [-0.15, -0.1) is 0 Å². The van der Waals surface area contributed by atoms with Crippen LogP contribution in [0.1, 0.15) is 53.1 Å². The topological polar surface area (TPSA) is 107 Å². The Balaban J connectivity index is 1.21. The first kappa shape index (κ1) is 23.1. The summed E-state index contributed by atoms with van der Waals surface area (Å²) in [5.74, 6) is -0.413. The zero-order valence-electron chi connectivity index (χ0n) is 20.6. The number of pyridine rings is 2. The van der Waals surface area contributed by atoms with Gasteiger partial charge in [-0.2, -0.15) is 5.10 Å². The van der Waals surface area contributed by atoms with Crippen molar-refractivity contribution in [1.82, 2.24) is 25.1 Å². The maximum Gasteiger partial charge on any atom is 0.276 e. The summed E-state index contributed by atoms with van der Waals surface area (Å²) in [4.78, 5) is 38.6. The molecule has 0 radical (unpaired) electrons. The first-order valence-electron chi connectivity index (χ1n) is 12.9. The molecular formula is C28H29N7O2. The molecule has 0 aliphatic carbocycles. The van der Waals surface area contributed by atoms with Gasteiger partial charge in [0.2, 0.25) is 0 Å². The summed E-state index contributed by atoms with van der Waals surface area (Å²) in [6.07, 6.45) is 11.0. The molecule has 0 atom stereocenters. The van der Waals surface area contributed by atoms with Crippen molar-refractivity contribution in [3.8, 4) is 11.1 Å². The van der Waals surface area contributed by atoms with E-state index in [1.807, 2.05) is 35.5 Å². The van der Waals surface area contributed by atoms with Crippen LogP contribution >= 0.6 is 0 Å². The maximum absolute atomic E-state index is 13.1. The SMILES string of the molecule is O=C(Nc1ccc(C(=O)N2CCCC2)nc1)c1n[nH]c2ccc(-c3cncc(N4CCCCC4)c3)cc12. The number of H-pyrrole nitrogens is 1. The Bertz CT molecular complexity index is 1430. The minimum absolute atomic E-state index is 0.0694. The molecule has 2 saturated heterocycles. The number of rotatable bonds is 5. The largest absolute Gasteiger partial charge is 0.370 e. The molecule has 6 rings (SSSR count). The molecule has 37 heavy (non-hydrogen) atoms. The number of carbonyl (C=O) groups is 2. The first-order chi connectivity index (χ1) is 18.2. The number of nitrogens with one attached hydrogen (secondary N) is 2. The number of fused-ring (bicyclic) bond motifs is 1. The molecule has 0 unspecified atom stereocenters. The summed E-state index contributed by atoms with van der Waals surface area (Å²) >= 11 is 0. The van der Waals surface area contributed by atoms with Gasteiger partial charge in [0.1, 0.15) is 5.69 Å². The van der Waals surface area contributed by atoms with E-state index >= 15 is 0 Å². The van der Waals surface area contributed by atoms with E-state index in [4.69, 9.17) is 0 Å². The molecule has 0 spiro atoms. The van der Waals surface area contributed by atoms with E-state index in [1.54, 1.807) is 12.1 Å². The Hall–Kier alpha value is -4.27. The van der Waals surface area contributed by atoms with Crippen molar-refractivity contribution in [2.24, 2.45) is 0 Å². The first-order valence-corrected chi connectivity index (χ1v) is 12.9. The number of hydrogen-bond donors (Lipinski definition) is 2. The van der Waals surface area contributed by atoms with Crippen LogP contribution < -0.4 is 10.2 Å². The molecule has 5 heterocycles. The molecule has 0 bridgehead atoms. The van der Waals surface area contributed by atoms with Crippen LogP contribution in [0, 0.1) is 0 Å². The average Bonchev–Trinajstić information content (AvgIpc) is 3.64. The maximum atomic E-state index is 13.1. The number of carbonyl (C=O) groups excluding carboxylic acids is 2. The smallest absolute Gasteiger partial charge is 0.276 e. The van der Waals surface area contributed by atoms with Crippen molar-refractivity contribution < 1.29 is 9.59 Å². The molecular weight excluding hydrogens is 466 g/mol. The van der Waals surface area contributed by atoms with Crippen LogP contribution in [0.4, 0.5) is 11.4 Å². The lowest BCUT2D eigenvalue weighted by Crippen LogP contribution is -2.29. The predicted octanol–water partition coefficient (Wildman–Crippen LogP) is 4.50. The van der Waals surface area contributed by atoms with E-state index in [-0.39, 0.29) is 11.8 Å². The number of piperidine rings is 1. The van der Waals surface area contributed by atoms with Gasteiger partial charge in [-0.3, -0.25) is 19.7 Å². The molecule has 1 aromatic carbocycles. The molecule has 2 aliphatic rings. The fourth-order valence-electron chi connectivity index (χ4n) is 5.14. The lowest BCUT2D eigenvalue weighted by Gasteiger charge is -2.28. The number of benzene rings is 1. The number of aromatic nitrogens is 4. The van der Waals surface area contributed by atoms with Crippen molar-refractivity contribution in [3.63, 3.8) is 0 Å². The zero-order valence-corrected chi connectivity index (χ0v) is 20.6. The van der Waals surface area contributed by atoms with Crippen molar-refractivity contribution in [3.05, 3.63) is 66.4 Å². The molecule has 2 aliphatic heterocycles. The molecule has 0 saturated carbocycles. The van der Waals surface area contributed by atoms with Gasteiger partial charge in [-0.05, 0) is 68.0 Å². The summed E-state index contributed by atoms with van der Waals surface area (Å²) in [5, 5.41) is 10.8. The third kappa shape index (κ3) is 4.76. The number of hydrogen-bond acceptors (Lipinski definition) is 6. The van der Waals surface area contributed by atoms with Crippen LogP contribution in [0.5, 0.6) is 0 Å². The highest BCUT2D eigenvalue weighted by atomic mass is 16.2. The summed E-state index contributed by atoms with van der Waals surface area (Å²) in [5.41, 5.74) is 5.07. The number of amides is 2. The van der Waals surface area contributed by atoms with Crippen LogP contribution in [0.3, 0.4) is 0 Å². The van der Waals surface area contributed by atoms with Crippen molar-refractivity contribution in [2.45, 2.75) is 32.1 Å². The van der Waals surface area contributed by atoms with Gasteiger partial charge in [0.15, 0.2) is 5.69 Å². The third-order valence-corrected chi connectivity index (χ3v) is 7.19. The lowest BCUT2D eigenvalue weighted by molar-refractivity contribution is 0.0787. The number of likely N-dealkylation sites (tertiary alicyclic amines) is 1. The van der Waals surface area contributed by atoms with Crippen LogP contribution in [-0.4, -0.2) is 63.1 Å². The molecule has 3 aromatic heterocycles. The van der Waals surface area contributed by atoms with Gasteiger partial charge in [0, 0.05) is 43.3 Å². The lowest BCUT2D eigenvalue weighted by atomic mass is 10.0. The standard InChI is InChI=1S/C28H29N7O2/c36-27(31-21-7-9-25(30-17-21)28(37)35-12-4-5-13-35)26-23-15-19(6-8-24(23)32-33-26)20-14-22(18-29-16-20)34-10-2-1-3-11-34/h6-9,14-18H,1-5,10-13H2,(H,31,36)(H,32,33). The molecule has 2 fully saturated rings. The monoisotopic (exact) mass is 495 g/mol. The Morgan fingerprint density at radius 2 is 1.65 bits per heavy atom. The highest BCUT2D eigenvalue weighted by Gasteiger charge is 2.21. The zero-order chi connectivity index (χ0) is 25.2. The van der Waals surface area contributed by atoms with E-state index in [0.29, 0.717) is 17.1 Å². The second-order valence-electron chi connectivity index (χ2n) is 9.70. The Morgan fingerprint density at radius 3 is 2.43 bits per heavy atom. The van der Waals surface area contributed by atoms with Crippen molar-refractivity contribution in [1.29, 1.82) is 0 Å². The highest BCUT2D eigenvalue weighted by Crippen LogP contribution is 2.29. The summed E-state index contributed by atoms with van der Waals surface area (Å²) < 4.78 is 0. The summed E-state index contributed by atoms with van der Waals surface area (Å²) in [6, 6.07) is 11.4. The molecule has 2 N–H and O–H groups in total. The minimum atomic E-state index is -0.344. The molecule has 9 nitrogen and oxygen atoms in total. The third-order valence-electron chi connectivity index (χ3n) is 7.19. The van der Waals surface area contributed by atoms with Crippen LogP contribution in [0.2, 0.25) is 0 Å². The van der Waals surface area contributed by atoms with Gasteiger partial charge in [-0.1, -0.05) is 6.07 Å². The second kappa shape index (κ2) is 10.0. The quantitative estimate of drug-likeness (QED) is 0.422. The van der Waals surface area contributed by atoms with Gasteiger partial charge in [-0.25, -0.2) is 4.98 Å². The Kier molecular flexibility index (Phi) is 6.26. The van der Waals surface area contributed by atoms with Crippen LogP contribution in [-0.2, 0) is 0 Å². The number of aromatic amines is 1. The summed E-state index contributed by atoms with van der Waals surface area (Å²) in [6.45, 7) is 3.65. The fraction of sp³-hybridized carbons (Fsp3) is 0.321. The Morgan fingerprint density at radius 1 is 0.838 bits per heavy atom. The van der Waals surface area contributed by atoms with Crippen LogP contribution in [0.15, 0.2) is 55.0 Å². The van der Waals surface area contributed by atoms with Gasteiger partial charge >= 0.3 is 0 Å². The molecule has 2 amide bonds. The van der Waals surface area contributed by atoms with E-state index in [1.165, 1.54) is 25.5 Å². The Labute approximate surface area is 214 Å². The van der Waals surface area contributed by atoms with Gasteiger partial charge < -0.3 is 15.1 Å². The molecule has 188 valence electrons. The predicted molar refractivity (Wildman–Crippen MR) is 143 cm³/mol. The summed E-state index contributed by atoms with van der Waals surface area (Å²) in [7, 11) is 0. The van der Waals surface area contributed by atoms with Gasteiger partial charge in [0.25, 0.3) is 11.8 Å². The number of nitrogens with zero attached hydrogens (tertiary/aromatic N) is 5. The van der Waals surface area contributed by atoms with Gasteiger partial charge in [0.05, 0.1) is 29.3 Å². The van der Waals surface area contributed by atoms with E-state index in [0.717, 1.165) is 66.7 Å². The van der Waals surface area contributed by atoms with E-state index in [9.17, 15) is 9.59 Å². The number of anilines is 2. The van der Waals surface area contributed by atoms with Crippen molar-refractivity contribution in [2.75, 3.05) is 36.4 Å². The van der Waals surface area contributed by atoms with E-state index in [2.05, 4.69) is 36.4 Å². The molecule has 4 aromatic rings. The molecule has 9 heteroatoms. The minimum Gasteiger partial charge on any atom is -0.370 e. The highest BCUT2D eigenvalue weighted by molar-refractivity contribution is 6.11.